The summed E-state index contributed by atoms with van der Waals surface area (Å²) in [5.74, 6) is 0. The van der Waals surface area contributed by atoms with Crippen molar-refractivity contribution in [2.75, 3.05) is 0 Å². The first-order valence-corrected chi connectivity index (χ1v) is 17.9. The highest BCUT2D eigenvalue weighted by Crippen LogP contribution is 2.40. The third kappa shape index (κ3) is 4.52. The van der Waals surface area contributed by atoms with Crippen LogP contribution in [-0.2, 0) is 0 Å². The van der Waals surface area contributed by atoms with Crippen molar-refractivity contribution >= 4 is 65.4 Å². The summed E-state index contributed by atoms with van der Waals surface area (Å²) < 4.78 is 10.4. The van der Waals surface area contributed by atoms with Crippen LogP contribution in [0.15, 0.2) is 191 Å². The first-order chi connectivity index (χ1) is 26.2. The maximum absolute atomic E-state index is 13.2. The van der Waals surface area contributed by atoms with Gasteiger partial charge in [-0.05, 0) is 107 Å². The number of nitrogens with zero attached hydrogens (tertiary/aromatic N) is 2. The molecule has 11 aromatic rings. The second-order valence-electron chi connectivity index (χ2n) is 13.7. The van der Waals surface area contributed by atoms with E-state index < -0.39 is 0 Å². The van der Waals surface area contributed by atoms with Crippen LogP contribution in [0.3, 0.4) is 0 Å². The lowest BCUT2D eigenvalue weighted by molar-refractivity contribution is 0.569. The molecule has 0 saturated carbocycles. The molecule has 248 valence electrons. The lowest BCUT2D eigenvalue weighted by Crippen LogP contribution is -2.00. The largest absolute Gasteiger partial charge is 0.422 e. The molecule has 0 fully saturated rings. The van der Waals surface area contributed by atoms with Crippen molar-refractivity contribution in [3.05, 3.63) is 192 Å². The van der Waals surface area contributed by atoms with Gasteiger partial charge in [-0.2, -0.15) is 0 Å². The first-order valence-electron chi connectivity index (χ1n) is 17.9. The van der Waals surface area contributed by atoms with Gasteiger partial charge in [-0.3, -0.25) is 0 Å². The van der Waals surface area contributed by atoms with Crippen LogP contribution in [0.5, 0.6) is 0 Å². The molecule has 8 aromatic carbocycles. The third-order valence-corrected chi connectivity index (χ3v) is 10.8. The lowest BCUT2D eigenvalue weighted by Gasteiger charge is -2.09. The minimum Gasteiger partial charge on any atom is -0.422 e. The zero-order chi connectivity index (χ0) is 35.0. The predicted molar refractivity (Wildman–Crippen MR) is 220 cm³/mol. The summed E-state index contributed by atoms with van der Waals surface area (Å²) in [5, 5.41) is 7.19. The maximum atomic E-state index is 13.2. The summed E-state index contributed by atoms with van der Waals surface area (Å²) in [6.45, 7) is 0. The predicted octanol–water partition coefficient (Wildman–Crippen LogP) is 12.5. The number of rotatable bonds is 4. The quantitative estimate of drug-likeness (QED) is 0.137. The van der Waals surface area contributed by atoms with E-state index in [2.05, 4.69) is 155 Å². The summed E-state index contributed by atoms with van der Waals surface area (Å²) in [6.07, 6.45) is 0. The Morgan fingerprint density at radius 3 is 1.30 bits per heavy atom. The normalized spacial score (nSPS) is 11.8. The molecular formula is C49H30N2O2. The molecule has 0 amide bonds. The number of hydrogen-bond acceptors (Lipinski definition) is 2. The van der Waals surface area contributed by atoms with E-state index >= 15 is 0 Å². The van der Waals surface area contributed by atoms with Gasteiger partial charge in [-0.1, -0.05) is 103 Å². The van der Waals surface area contributed by atoms with E-state index in [-0.39, 0.29) is 5.63 Å². The van der Waals surface area contributed by atoms with Crippen molar-refractivity contribution in [3.63, 3.8) is 0 Å². The molecule has 0 unspecified atom stereocenters. The minimum absolute atomic E-state index is 0.323. The zero-order valence-corrected chi connectivity index (χ0v) is 28.5. The summed E-state index contributed by atoms with van der Waals surface area (Å²) in [5.41, 5.74) is 11.5. The lowest BCUT2D eigenvalue weighted by atomic mass is 9.98. The summed E-state index contributed by atoms with van der Waals surface area (Å²) in [7, 11) is 0. The number of hydrogen-bond donors (Lipinski definition) is 0. The zero-order valence-electron chi connectivity index (χ0n) is 28.5. The van der Waals surface area contributed by atoms with Gasteiger partial charge in [-0.15, -0.1) is 0 Å². The van der Waals surface area contributed by atoms with E-state index in [1.165, 1.54) is 32.8 Å². The van der Waals surface area contributed by atoms with Gasteiger partial charge in [0.15, 0.2) is 0 Å². The average Bonchev–Trinajstić information content (AvgIpc) is 3.73. The van der Waals surface area contributed by atoms with Crippen LogP contribution in [0, 0.1) is 0 Å². The molecule has 3 aromatic heterocycles. The van der Waals surface area contributed by atoms with Crippen molar-refractivity contribution in [2.45, 2.75) is 0 Å². The van der Waals surface area contributed by atoms with Crippen LogP contribution in [-0.4, -0.2) is 9.13 Å². The van der Waals surface area contributed by atoms with E-state index in [1.807, 2.05) is 36.4 Å². The van der Waals surface area contributed by atoms with Crippen molar-refractivity contribution in [2.24, 2.45) is 0 Å². The van der Waals surface area contributed by atoms with E-state index in [1.54, 1.807) is 0 Å². The highest BCUT2D eigenvalue weighted by atomic mass is 16.4. The molecule has 0 radical (unpaired) electrons. The standard InChI is InChI=1S/C49H30N2O2/c52-49-43-30-31(19-23-37(43)39-16-8-10-18-48(39)53-49)33-21-25-46-41(28-33)42-29-34(22-26-47(42)51(46)36-13-5-2-6-14-36)32-20-24-45-40(27-32)38-15-7-9-17-44(38)50(45)35-11-3-1-4-12-35/h1-30H. The molecule has 0 spiro atoms. The van der Waals surface area contributed by atoms with Gasteiger partial charge in [-0.25, -0.2) is 4.79 Å². The van der Waals surface area contributed by atoms with Crippen molar-refractivity contribution in [1.29, 1.82) is 0 Å². The molecule has 3 heterocycles. The van der Waals surface area contributed by atoms with Gasteiger partial charge in [0, 0.05) is 38.3 Å². The van der Waals surface area contributed by atoms with Crippen molar-refractivity contribution < 1.29 is 4.42 Å². The fraction of sp³-hybridized carbons (Fsp3) is 0. The summed E-state index contributed by atoms with van der Waals surface area (Å²) in [4.78, 5) is 13.2. The topological polar surface area (TPSA) is 40.1 Å². The molecule has 4 heteroatoms. The maximum Gasteiger partial charge on any atom is 0.344 e. The van der Waals surface area contributed by atoms with Crippen molar-refractivity contribution in [1.82, 2.24) is 9.13 Å². The Labute approximate surface area is 304 Å². The van der Waals surface area contributed by atoms with Crippen LogP contribution in [0.25, 0.3) is 99.0 Å². The second kappa shape index (κ2) is 11.4. The van der Waals surface area contributed by atoms with Gasteiger partial charge >= 0.3 is 5.63 Å². The number of benzene rings is 8. The van der Waals surface area contributed by atoms with Gasteiger partial charge in [0.05, 0.1) is 27.5 Å². The van der Waals surface area contributed by atoms with E-state index in [4.69, 9.17) is 4.42 Å². The average molecular weight is 679 g/mol. The van der Waals surface area contributed by atoms with Gasteiger partial charge in [0.2, 0.25) is 0 Å². The molecule has 0 aliphatic rings. The smallest absolute Gasteiger partial charge is 0.344 e. The second-order valence-corrected chi connectivity index (χ2v) is 13.7. The number of para-hydroxylation sites is 4. The molecule has 53 heavy (non-hydrogen) atoms. The highest BCUT2D eigenvalue weighted by Gasteiger charge is 2.17. The molecule has 0 bridgehead atoms. The Bertz CT molecular complexity index is 3300. The van der Waals surface area contributed by atoms with Crippen LogP contribution in [0.2, 0.25) is 0 Å². The van der Waals surface area contributed by atoms with Gasteiger partial charge < -0.3 is 13.6 Å². The highest BCUT2D eigenvalue weighted by molar-refractivity contribution is 6.14. The van der Waals surface area contributed by atoms with Crippen LogP contribution < -0.4 is 5.63 Å². The SMILES string of the molecule is O=c1oc2ccccc2c2ccc(-c3ccc4c(c3)c3cc(-c5ccc6c(c5)c5ccccc5n6-c5ccccc5)ccc3n4-c3ccccc3)cc12. The van der Waals surface area contributed by atoms with E-state index in [9.17, 15) is 4.79 Å². The van der Waals surface area contributed by atoms with Crippen molar-refractivity contribution in [3.8, 4) is 33.6 Å². The molecule has 0 aliphatic carbocycles. The monoisotopic (exact) mass is 678 g/mol. The van der Waals surface area contributed by atoms with E-state index in [0.717, 1.165) is 55.3 Å². The fourth-order valence-corrected chi connectivity index (χ4v) is 8.31. The Kier molecular flexibility index (Phi) is 6.37. The molecule has 0 atom stereocenters. The minimum atomic E-state index is -0.323. The van der Waals surface area contributed by atoms with Crippen LogP contribution in [0.4, 0.5) is 0 Å². The van der Waals surface area contributed by atoms with Crippen LogP contribution >= 0.6 is 0 Å². The molecule has 0 aliphatic heterocycles. The summed E-state index contributed by atoms with van der Waals surface area (Å²) in [6, 6.07) is 63.9. The molecule has 0 N–H and O–H groups in total. The summed E-state index contributed by atoms with van der Waals surface area (Å²) >= 11 is 0. The molecular weight excluding hydrogens is 649 g/mol. The first kappa shape index (κ1) is 29.5. The molecule has 11 rings (SSSR count). The Morgan fingerprint density at radius 2 is 0.736 bits per heavy atom. The number of fused-ring (bicyclic) bond motifs is 9. The molecule has 4 nitrogen and oxygen atoms in total. The van der Waals surface area contributed by atoms with Gasteiger partial charge in [0.1, 0.15) is 5.58 Å². The van der Waals surface area contributed by atoms with E-state index in [0.29, 0.717) is 11.0 Å². The Hall–Kier alpha value is -7.17. The Balaban J connectivity index is 1.12. The van der Waals surface area contributed by atoms with Crippen LogP contribution in [0.1, 0.15) is 0 Å². The molecule has 0 saturated heterocycles. The van der Waals surface area contributed by atoms with Gasteiger partial charge in [0.25, 0.3) is 0 Å². The fourth-order valence-electron chi connectivity index (χ4n) is 8.31. The Morgan fingerprint density at radius 1 is 0.321 bits per heavy atom. The third-order valence-electron chi connectivity index (χ3n) is 10.8. The number of aromatic nitrogens is 2.